The number of esters is 1. The Balaban J connectivity index is 1.75. The number of hydrogen-bond donors (Lipinski definition) is 2. The fourth-order valence-electron chi connectivity index (χ4n) is 3.27. The predicted octanol–water partition coefficient (Wildman–Crippen LogP) is 4.89. The molecule has 0 atom stereocenters. The smallest absolute Gasteiger partial charge is 0.311 e. The summed E-state index contributed by atoms with van der Waals surface area (Å²) in [6.07, 6.45) is 1.88. The Hall–Kier alpha value is -3.06. The minimum atomic E-state index is -0.347. The molecule has 156 valence electrons. The van der Waals surface area contributed by atoms with Gasteiger partial charge in [-0.25, -0.2) is 4.99 Å². The summed E-state index contributed by atoms with van der Waals surface area (Å²) in [4.78, 5) is 29.0. The first-order chi connectivity index (χ1) is 14.4. The molecule has 1 heterocycles. The standard InChI is InChI=1S/C23H25N3O3S/c1-14-9-15(2)23(16(3)10-14)26-20(27)13-30-21-11-17(12-22(28)29-4)24-18-7-5-6-8-19(18)25-21/h5-11,24H,12-13H2,1-4H3,(H,26,27). The molecule has 0 unspecified atom stereocenters. The zero-order valence-electron chi connectivity index (χ0n) is 17.5. The topological polar surface area (TPSA) is 79.8 Å². The van der Waals surface area contributed by atoms with E-state index in [1.165, 1.54) is 24.4 Å². The van der Waals surface area contributed by atoms with Gasteiger partial charge in [0.2, 0.25) is 5.91 Å². The Labute approximate surface area is 180 Å². The summed E-state index contributed by atoms with van der Waals surface area (Å²) in [5.74, 6) is -0.248. The zero-order valence-corrected chi connectivity index (χ0v) is 18.4. The molecule has 30 heavy (non-hydrogen) atoms. The van der Waals surface area contributed by atoms with Crippen molar-refractivity contribution in [3.63, 3.8) is 0 Å². The molecule has 0 fully saturated rings. The Kier molecular flexibility index (Phi) is 6.95. The van der Waals surface area contributed by atoms with Gasteiger partial charge in [0.1, 0.15) is 0 Å². The van der Waals surface area contributed by atoms with E-state index in [2.05, 4.69) is 27.8 Å². The summed E-state index contributed by atoms with van der Waals surface area (Å²) in [5.41, 5.74) is 6.32. The highest BCUT2D eigenvalue weighted by molar-refractivity contribution is 8.14. The van der Waals surface area contributed by atoms with Gasteiger partial charge in [-0.3, -0.25) is 9.59 Å². The van der Waals surface area contributed by atoms with Gasteiger partial charge in [0.05, 0.1) is 35.7 Å². The number of methoxy groups -OCH3 is 1. The molecule has 1 aliphatic rings. The van der Waals surface area contributed by atoms with E-state index < -0.39 is 0 Å². The Morgan fingerprint density at radius 1 is 1.13 bits per heavy atom. The monoisotopic (exact) mass is 423 g/mol. The number of aryl methyl sites for hydroxylation is 3. The number of carbonyl (C=O) groups excluding carboxylic acids is 2. The highest BCUT2D eigenvalue weighted by atomic mass is 32.2. The molecule has 2 aromatic carbocycles. The first kappa shape index (κ1) is 21.6. The lowest BCUT2D eigenvalue weighted by atomic mass is 10.1. The van der Waals surface area contributed by atoms with Crippen molar-refractivity contribution in [1.82, 2.24) is 0 Å². The average Bonchev–Trinajstić information content (AvgIpc) is 2.87. The zero-order chi connectivity index (χ0) is 21.7. The quantitative estimate of drug-likeness (QED) is 0.670. The normalized spacial score (nSPS) is 12.7. The first-order valence-corrected chi connectivity index (χ1v) is 10.6. The van der Waals surface area contributed by atoms with Crippen molar-refractivity contribution < 1.29 is 14.3 Å². The summed E-state index contributed by atoms with van der Waals surface area (Å²) in [5, 5.41) is 6.89. The lowest BCUT2D eigenvalue weighted by molar-refractivity contribution is -0.139. The molecule has 1 amide bonds. The summed E-state index contributed by atoms with van der Waals surface area (Å²) in [6.45, 7) is 6.01. The Bertz CT molecular complexity index is 1020. The van der Waals surface area contributed by atoms with Gasteiger partial charge in [0.15, 0.2) is 0 Å². The highest BCUT2D eigenvalue weighted by Gasteiger charge is 2.16. The lowest BCUT2D eigenvalue weighted by Gasteiger charge is -2.12. The summed E-state index contributed by atoms with van der Waals surface area (Å²) in [7, 11) is 1.36. The summed E-state index contributed by atoms with van der Waals surface area (Å²) < 4.78 is 4.78. The Morgan fingerprint density at radius 2 is 1.83 bits per heavy atom. The number of nitrogens with zero attached hydrogens (tertiary/aromatic N) is 1. The van der Waals surface area contributed by atoms with Crippen LogP contribution >= 0.6 is 11.8 Å². The van der Waals surface area contributed by atoms with Crippen LogP contribution in [0.15, 0.2) is 53.2 Å². The molecule has 2 aromatic rings. The van der Waals surface area contributed by atoms with Crippen molar-refractivity contribution >= 4 is 45.7 Å². The van der Waals surface area contributed by atoms with Crippen LogP contribution in [0.3, 0.4) is 0 Å². The van der Waals surface area contributed by atoms with Gasteiger partial charge in [-0.1, -0.05) is 41.6 Å². The predicted molar refractivity (Wildman–Crippen MR) is 124 cm³/mol. The SMILES string of the molecule is COC(=O)CC1=CC(SCC(=O)Nc2c(C)cc(C)cc2C)=Nc2ccccc2N1. The van der Waals surface area contributed by atoms with Gasteiger partial charge >= 0.3 is 5.97 Å². The van der Waals surface area contributed by atoms with Gasteiger partial charge < -0.3 is 15.4 Å². The van der Waals surface area contributed by atoms with Crippen molar-refractivity contribution in [2.45, 2.75) is 27.2 Å². The number of carbonyl (C=O) groups is 2. The lowest BCUT2D eigenvalue weighted by Crippen LogP contribution is -2.17. The van der Waals surface area contributed by atoms with Crippen LogP contribution in [0.5, 0.6) is 0 Å². The number of thioether (sulfide) groups is 1. The van der Waals surface area contributed by atoms with Crippen molar-refractivity contribution in [3.05, 3.63) is 64.9 Å². The van der Waals surface area contributed by atoms with E-state index in [1.54, 1.807) is 6.08 Å². The van der Waals surface area contributed by atoms with E-state index >= 15 is 0 Å². The number of nitrogens with one attached hydrogen (secondary N) is 2. The molecule has 0 aromatic heterocycles. The Morgan fingerprint density at radius 3 is 2.53 bits per heavy atom. The van der Waals surface area contributed by atoms with E-state index in [1.807, 2.05) is 45.0 Å². The highest BCUT2D eigenvalue weighted by Crippen LogP contribution is 2.31. The molecule has 0 aliphatic carbocycles. The third kappa shape index (κ3) is 5.51. The third-order valence-electron chi connectivity index (χ3n) is 4.58. The van der Waals surface area contributed by atoms with Gasteiger partial charge in [-0.05, 0) is 50.1 Å². The van der Waals surface area contributed by atoms with Crippen molar-refractivity contribution in [1.29, 1.82) is 0 Å². The van der Waals surface area contributed by atoms with E-state index in [0.29, 0.717) is 10.7 Å². The van der Waals surface area contributed by atoms with E-state index in [0.717, 1.165) is 28.2 Å². The van der Waals surface area contributed by atoms with Gasteiger partial charge in [0, 0.05) is 11.4 Å². The number of hydrogen-bond acceptors (Lipinski definition) is 6. The molecule has 1 aliphatic heterocycles. The van der Waals surface area contributed by atoms with E-state index in [-0.39, 0.29) is 24.1 Å². The number of ether oxygens (including phenoxy) is 1. The van der Waals surface area contributed by atoms with Gasteiger partial charge in [-0.15, -0.1) is 0 Å². The number of benzene rings is 2. The maximum absolute atomic E-state index is 12.6. The average molecular weight is 424 g/mol. The first-order valence-electron chi connectivity index (χ1n) is 9.58. The number of rotatable bonds is 5. The van der Waals surface area contributed by atoms with Crippen LogP contribution in [0.25, 0.3) is 0 Å². The van der Waals surface area contributed by atoms with Crippen LogP contribution in [0.4, 0.5) is 17.1 Å². The minimum absolute atomic E-state index is 0.0956. The molecule has 3 rings (SSSR count). The number of para-hydroxylation sites is 2. The maximum Gasteiger partial charge on any atom is 0.311 e. The summed E-state index contributed by atoms with van der Waals surface area (Å²) >= 11 is 1.32. The van der Waals surface area contributed by atoms with Crippen LogP contribution in [0, 0.1) is 20.8 Å². The molecule has 0 saturated heterocycles. The molecular formula is C23H25N3O3S. The van der Waals surface area contributed by atoms with Crippen LogP contribution < -0.4 is 10.6 Å². The van der Waals surface area contributed by atoms with Crippen LogP contribution in [-0.4, -0.2) is 29.8 Å². The van der Waals surface area contributed by atoms with E-state index in [9.17, 15) is 9.59 Å². The van der Waals surface area contributed by atoms with Crippen LogP contribution in [0.2, 0.25) is 0 Å². The second-order valence-electron chi connectivity index (χ2n) is 7.13. The maximum atomic E-state index is 12.6. The molecular weight excluding hydrogens is 398 g/mol. The second kappa shape index (κ2) is 9.63. The number of fused-ring (bicyclic) bond motifs is 1. The van der Waals surface area contributed by atoms with E-state index in [4.69, 9.17) is 4.74 Å². The molecule has 0 radical (unpaired) electrons. The molecule has 2 N–H and O–H groups in total. The molecule has 6 nitrogen and oxygen atoms in total. The minimum Gasteiger partial charge on any atom is -0.469 e. The van der Waals surface area contributed by atoms with Gasteiger partial charge in [-0.2, -0.15) is 0 Å². The molecule has 0 bridgehead atoms. The van der Waals surface area contributed by atoms with Gasteiger partial charge in [0.25, 0.3) is 0 Å². The fourth-order valence-corrected chi connectivity index (χ4v) is 4.01. The van der Waals surface area contributed by atoms with Crippen molar-refractivity contribution in [2.24, 2.45) is 4.99 Å². The molecule has 0 saturated carbocycles. The van der Waals surface area contributed by atoms with Crippen molar-refractivity contribution in [2.75, 3.05) is 23.5 Å². The number of aliphatic imine (C=N–C) groups is 1. The largest absolute Gasteiger partial charge is 0.469 e. The van der Waals surface area contributed by atoms with Crippen molar-refractivity contribution in [3.8, 4) is 0 Å². The third-order valence-corrected chi connectivity index (χ3v) is 5.49. The number of anilines is 2. The van der Waals surface area contributed by atoms with Crippen LogP contribution in [0.1, 0.15) is 23.1 Å². The van der Waals surface area contributed by atoms with Crippen LogP contribution in [-0.2, 0) is 14.3 Å². The molecule has 7 heteroatoms. The summed E-state index contributed by atoms with van der Waals surface area (Å²) in [6, 6.07) is 11.7. The second-order valence-corrected chi connectivity index (χ2v) is 8.12. The number of amides is 1. The fraction of sp³-hybridized carbons (Fsp3) is 0.261. The molecule has 0 spiro atoms.